The van der Waals surface area contributed by atoms with Gasteiger partial charge >= 0.3 is 0 Å². The van der Waals surface area contributed by atoms with Gasteiger partial charge in [-0.05, 0) is 62.0 Å². The molecule has 0 amide bonds. The first kappa shape index (κ1) is 12.9. The van der Waals surface area contributed by atoms with Crippen LogP contribution in [0.3, 0.4) is 0 Å². The van der Waals surface area contributed by atoms with E-state index in [9.17, 15) is 0 Å². The molecule has 1 N–H and O–H groups in total. The van der Waals surface area contributed by atoms with Crippen molar-refractivity contribution in [2.24, 2.45) is 11.8 Å². The van der Waals surface area contributed by atoms with Gasteiger partial charge in [0.15, 0.2) is 0 Å². The second-order valence-corrected chi connectivity index (χ2v) is 5.87. The van der Waals surface area contributed by atoms with Crippen molar-refractivity contribution < 1.29 is 4.74 Å². The summed E-state index contributed by atoms with van der Waals surface area (Å²) in [7, 11) is 1.72. The smallest absolute Gasteiger partial charge is 0.118 e. The fourth-order valence-corrected chi connectivity index (χ4v) is 3.39. The van der Waals surface area contributed by atoms with Crippen LogP contribution in [0.25, 0.3) is 0 Å². The summed E-state index contributed by atoms with van der Waals surface area (Å²) in [5, 5.41) is 3.53. The summed E-state index contributed by atoms with van der Waals surface area (Å²) in [6.07, 6.45) is 2.52. The fraction of sp³-hybridized carbons (Fsp3) is 0.625. The third kappa shape index (κ3) is 3.10. The van der Waals surface area contributed by atoms with Gasteiger partial charge in [0.25, 0.3) is 0 Å². The Balaban J connectivity index is 1.49. The Morgan fingerprint density at radius 1 is 1.21 bits per heavy atom. The van der Waals surface area contributed by atoms with E-state index in [0.29, 0.717) is 0 Å². The molecule has 0 aromatic heterocycles. The van der Waals surface area contributed by atoms with Crippen LogP contribution in [0, 0.1) is 11.8 Å². The van der Waals surface area contributed by atoms with Crippen molar-refractivity contribution in [2.75, 3.05) is 39.8 Å². The first-order valence-electron chi connectivity index (χ1n) is 7.41. The summed E-state index contributed by atoms with van der Waals surface area (Å²) >= 11 is 0. The number of nitrogens with one attached hydrogen (secondary N) is 1. The van der Waals surface area contributed by atoms with Gasteiger partial charge in [0.2, 0.25) is 0 Å². The molecule has 0 spiro atoms. The number of rotatable bonds is 4. The fourth-order valence-electron chi connectivity index (χ4n) is 3.39. The van der Waals surface area contributed by atoms with Crippen molar-refractivity contribution in [2.45, 2.75) is 12.8 Å². The van der Waals surface area contributed by atoms with E-state index < -0.39 is 0 Å². The number of nitrogens with zero attached hydrogens (tertiary/aromatic N) is 1. The van der Waals surface area contributed by atoms with Crippen LogP contribution in [0.5, 0.6) is 5.75 Å². The Kier molecular flexibility index (Phi) is 4.04. The number of hydrogen-bond acceptors (Lipinski definition) is 3. The van der Waals surface area contributed by atoms with Crippen molar-refractivity contribution in [3.05, 3.63) is 29.8 Å². The molecule has 1 aromatic carbocycles. The highest BCUT2D eigenvalue weighted by Crippen LogP contribution is 2.26. The molecule has 3 nitrogen and oxygen atoms in total. The third-order valence-electron chi connectivity index (χ3n) is 4.66. The van der Waals surface area contributed by atoms with Gasteiger partial charge in [-0.3, -0.25) is 0 Å². The minimum atomic E-state index is 0.893. The van der Waals surface area contributed by atoms with Crippen LogP contribution in [-0.2, 0) is 6.42 Å². The molecule has 2 aliphatic heterocycles. The molecule has 0 aliphatic carbocycles. The number of piperidine rings is 1. The maximum atomic E-state index is 5.19. The lowest BCUT2D eigenvalue weighted by molar-refractivity contribution is 0.150. The minimum absolute atomic E-state index is 0.893. The standard InChI is InChI=1S/C16H24N2O/c1-19-16-4-2-13(3-5-16)6-8-18-9-7-14-10-17-11-15(14)12-18/h2-5,14-15,17H,6-12H2,1H3. The van der Waals surface area contributed by atoms with Gasteiger partial charge < -0.3 is 15.0 Å². The van der Waals surface area contributed by atoms with Gasteiger partial charge in [0, 0.05) is 13.1 Å². The molecule has 2 aliphatic rings. The highest BCUT2D eigenvalue weighted by atomic mass is 16.5. The van der Waals surface area contributed by atoms with Gasteiger partial charge in [-0.25, -0.2) is 0 Å². The maximum absolute atomic E-state index is 5.19. The zero-order chi connectivity index (χ0) is 13.1. The van der Waals surface area contributed by atoms with Crippen molar-refractivity contribution in [1.82, 2.24) is 10.2 Å². The highest BCUT2D eigenvalue weighted by Gasteiger charge is 2.32. The largest absolute Gasteiger partial charge is 0.497 e. The molecule has 0 bridgehead atoms. The van der Waals surface area contributed by atoms with Crippen molar-refractivity contribution >= 4 is 0 Å². The van der Waals surface area contributed by atoms with E-state index in [1.165, 1.54) is 44.7 Å². The molecule has 3 heteroatoms. The summed E-state index contributed by atoms with van der Waals surface area (Å²) in [5.41, 5.74) is 1.41. The molecule has 0 saturated carbocycles. The molecule has 3 rings (SSSR count). The second kappa shape index (κ2) is 5.93. The van der Waals surface area contributed by atoms with E-state index in [-0.39, 0.29) is 0 Å². The van der Waals surface area contributed by atoms with E-state index in [1.807, 2.05) is 0 Å². The summed E-state index contributed by atoms with van der Waals surface area (Å²) in [4.78, 5) is 2.64. The Bertz CT molecular complexity index is 404. The van der Waals surface area contributed by atoms with Crippen LogP contribution >= 0.6 is 0 Å². The first-order valence-corrected chi connectivity index (χ1v) is 7.41. The quantitative estimate of drug-likeness (QED) is 0.893. The number of ether oxygens (including phenoxy) is 1. The first-order chi connectivity index (χ1) is 9.35. The Labute approximate surface area is 115 Å². The molecule has 2 fully saturated rings. The zero-order valence-electron chi connectivity index (χ0n) is 11.8. The van der Waals surface area contributed by atoms with Gasteiger partial charge in [-0.2, -0.15) is 0 Å². The Hall–Kier alpha value is -1.06. The van der Waals surface area contributed by atoms with E-state index in [0.717, 1.165) is 24.0 Å². The van der Waals surface area contributed by atoms with E-state index in [4.69, 9.17) is 4.74 Å². The minimum Gasteiger partial charge on any atom is -0.497 e. The summed E-state index contributed by atoms with van der Waals surface area (Å²) < 4.78 is 5.19. The van der Waals surface area contributed by atoms with E-state index >= 15 is 0 Å². The van der Waals surface area contributed by atoms with Crippen molar-refractivity contribution in [1.29, 1.82) is 0 Å². The molecule has 2 heterocycles. The lowest BCUT2D eigenvalue weighted by Crippen LogP contribution is -2.40. The van der Waals surface area contributed by atoms with Crippen LogP contribution in [0.1, 0.15) is 12.0 Å². The Morgan fingerprint density at radius 3 is 2.79 bits per heavy atom. The SMILES string of the molecule is COc1ccc(CCN2CCC3CNCC3C2)cc1. The summed E-state index contributed by atoms with van der Waals surface area (Å²) in [6.45, 7) is 6.23. The average Bonchev–Trinajstić information content (AvgIpc) is 2.93. The predicted octanol–water partition coefficient (Wildman–Crippen LogP) is 1.78. The molecule has 2 atom stereocenters. The van der Waals surface area contributed by atoms with Gasteiger partial charge in [0.05, 0.1) is 7.11 Å². The molecule has 104 valence electrons. The number of methoxy groups -OCH3 is 1. The molecule has 19 heavy (non-hydrogen) atoms. The van der Waals surface area contributed by atoms with Gasteiger partial charge in [-0.15, -0.1) is 0 Å². The average molecular weight is 260 g/mol. The number of hydrogen-bond donors (Lipinski definition) is 1. The molecular formula is C16H24N2O. The normalized spacial score (nSPS) is 27.2. The molecule has 2 saturated heterocycles. The lowest BCUT2D eigenvalue weighted by Gasteiger charge is -2.34. The van der Waals surface area contributed by atoms with Crippen LogP contribution in [-0.4, -0.2) is 44.7 Å². The monoisotopic (exact) mass is 260 g/mol. The Morgan fingerprint density at radius 2 is 2.00 bits per heavy atom. The predicted molar refractivity (Wildman–Crippen MR) is 77.6 cm³/mol. The van der Waals surface area contributed by atoms with Crippen LogP contribution in [0.4, 0.5) is 0 Å². The number of benzene rings is 1. The third-order valence-corrected chi connectivity index (χ3v) is 4.66. The highest BCUT2D eigenvalue weighted by molar-refractivity contribution is 5.27. The van der Waals surface area contributed by atoms with Crippen molar-refractivity contribution in [3.63, 3.8) is 0 Å². The number of fused-ring (bicyclic) bond motifs is 1. The van der Waals surface area contributed by atoms with Crippen LogP contribution in [0.15, 0.2) is 24.3 Å². The maximum Gasteiger partial charge on any atom is 0.118 e. The van der Waals surface area contributed by atoms with Gasteiger partial charge in [0.1, 0.15) is 5.75 Å². The van der Waals surface area contributed by atoms with Crippen LogP contribution < -0.4 is 10.1 Å². The molecule has 1 aromatic rings. The van der Waals surface area contributed by atoms with Gasteiger partial charge in [-0.1, -0.05) is 12.1 Å². The lowest BCUT2D eigenvalue weighted by atomic mass is 9.88. The molecule has 0 radical (unpaired) electrons. The van der Waals surface area contributed by atoms with Crippen LogP contribution in [0.2, 0.25) is 0 Å². The second-order valence-electron chi connectivity index (χ2n) is 5.87. The summed E-state index contributed by atoms with van der Waals surface area (Å²) in [5.74, 6) is 2.78. The number of likely N-dealkylation sites (tertiary alicyclic amines) is 1. The van der Waals surface area contributed by atoms with E-state index in [2.05, 4.69) is 34.5 Å². The molecule has 2 unspecified atom stereocenters. The molecular weight excluding hydrogens is 236 g/mol. The van der Waals surface area contributed by atoms with Crippen molar-refractivity contribution in [3.8, 4) is 5.75 Å². The summed E-state index contributed by atoms with van der Waals surface area (Å²) in [6, 6.07) is 8.48. The zero-order valence-corrected chi connectivity index (χ0v) is 11.8. The topological polar surface area (TPSA) is 24.5 Å². The van der Waals surface area contributed by atoms with E-state index in [1.54, 1.807) is 7.11 Å².